The van der Waals surface area contributed by atoms with Crippen LogP contribution in [0, 0.1) is 0 Å². The van der Waals surface area contributed by atoms with Crippen molar-refractivity contribution < 1.29 is 10.2 Å². The predicted molar refractivity (Wildman–Crippen MR) is 62.0 cm³/mol. The lowest BCUT2D eigenvalue weighted by Gasteiger charge is -2.25. The Kier molecular flexibility index (Phi) is 4.46. The molecule has 0 unspecified atom stereocenters. The van der Waals surface area contributed by atoms with Gasteiger partial charge in [-0.3, -0.25) is 4.68 Å². The summed E-state index contributed by atoms with van der Waals surface area (Å²) in [6, 6.07) is 2.28. The summed E-state index contributed by atoms with van der Waals surface area (Å²) in [6.45, 7) is 6.23. The van der Waals surface area contributed by atoms with E-state index < -0.39 is 5.54 Å². The zero-order chi connectivity index (χ0) is 12.2. The molecule has 0 bridgehead atoms. The van der Waals surface area contributed by atoms with Gasteiger partial charge in [0.1, 0.15) is 0 Å². The van der Waals surface area contributed by atoms with E-state index in [-0.39, 0.29) is 13.2 Å². The number of rotatable bonds is 6. The van der Waals surface area contributed by atoms with Crippen LogP contribution in [0.3, 0.4) is 0 Å². The molecule has 1 aromatic rings. The highest BCUT2D eigenvalue weighted by molar-refractivity contribution is 5.00. The minimum atomic E-state index is -0.651. The molecule has 1 rings (SSSR count). The smallest absolute Gasteiger partial charge is 0.0762 e. The number of aliphatic hydroxyl groups is 2. The molecule has 5 nitrogen and oxygen atoms in total. The molecular weight excluding hydrogens is 206 g/mol. The van der Waals surface area contributed by atoms with Crippen LogP contribution in [-0.2, 0) is 6.54 Å². The van der Waals surface area contributed by atoms with Gasteiger partial charge in [0.2, 0.25) is 0 Å². The first-order chi connectivity index (χ1) is 7.50. The molecule has 0 atom stereocenters. The van der Waals surface area contributed by atoms with Gasteiger partial charge in [-0.05, 0) is 26.8 Å². The van der Waals surface area contributed by atoms with Gasteiger partial charge in [0.25, 0.3) is 0 Å². The van der Waals surface area contributed by atoms with E-state index in [1.165, 1.54) is 0 Å². The zero-order valence-corrected chi connectivity index (χ0v) is 10.1. The van der Waals surface area contributed by atoms with Crippen LogP contribution in [0.4, 0.5) is 0 Å². The maximum absolute atomic E-state index is 9.11. The molecule has 3 N–H and O–H groups in total. The molecule has 0 saturated heterocycles. The molecule has 92 valence electrons. The molecule has 5 heteroatoms. The van der Waals surface area contributed by atoms with Gasteiger partial charge >= 0.3 is 0 Å². The summed E-state index contributed by atoms with van der Waals surface area (Å²) in [5.41, 5.74) is 0.253. The first-order valence-corrected chi connectivity index (χ1v) is 5.51. The molecule has 16 heavy (non-hydrogen) atoms. The second-order valence-electron chi connectivity index (χ2n) is 4.61. The Hall–Kier alpha value is -0.910. The molecule has 0 radical (unpaired) electrons. The van der Waals surface area contributed by atoms with E-state index in [1.54, 1.807) is 6.92 Å². The van der Waals surface area contributed by atoms with Crippen LogP contribution in [0.2, 0.25) is 0 Å². The summed E-state index contributed by atoms with van der Waals surface area (Å²) in [5, 5.41) is 25.7. The van der Waals surface area contributed by atoms with Crippen LogP contribution in [0.25, 0.3) is 0 Å². The first kappa shape index (κ1) is 13.2. The summed E-state index contributed by atoms with van der Waals surface area (Å²) in [6.07, 6.45) is 1.93. The van der Waals surface area contributed by atoms with Crippen LogP contribution < -0.4 is 5.32 Å². The van der Waals surface area contributed by atoms with E-state index in [1.807, 2.05) is 16.9 Å². The SMILES string of the molecule is CC(C)n1ccc(CNC(C)(CO)CO)n1. The van der Waals surface area contributed by atoms with E-state index in [0.29, 0.717) is 12.6 Å². The third kappa shape index (κ3) is 3.30. The van der Waals surface area contributed by atoms with E-state index in [2.05, 4.69) is 24.3 Å². The largest absolute Gasteiger partial charge is 0.394 e. The van der Waals surface area contributed by atoms with Gasteiger partial charge in [-0.2, -0.15) is 5.10 Å². The van der Waals surface area contributed by atoms with Crippen LogP contribution in [0.1, 0.15) is 32.5 Å². The Bertz CT molecular complexity index is 319. The summed E-state index contributed by atoms with van der Waals surface area (Å²) < 4.78 is 1.88. The van der Waals surface area contributed by atoms with Crippen molar-refractivity contribution in [3.63, 3.8) is 0 Å². The first-order valence-electron chi connectivity index (χ1n) is 5.51. The minimum absolute atomic E-state index is 0.103. The summed E-state index contributed by atoms with van der Waals surface area (Å²) >= 11 is 0. The Balaban J connectivity index is 2.54. The molecule has 0 fully saturated rings. The Morgan fingerprint density at radius 2 is 2.06 bits per heavy atom. The molecule has 0 aliphatic carbocycles. The number of hydrogen-bond acceptors (Lipinski definition) is 4. The highest BCUT2D eigenvalue weighted by atomic mass is 16.3. The Morgan fingerprint density at radius 1 is 1.44 bits per heavy atom. The summed E-state index contributed by atoms with van der Waals surface area (Å²) in [7, 11) is 0. The van der Waals surface area contributed by atoms with Gasteiger partial charge in [-0.25, -0.2) is 0 Å². The molecule has 0 spiro atoms. The third-order valence-corrected chi connectivity index (χ3v) is 2.59. The fourth-order valence-corrected chi connectivity index (χ4v) is 1.23. The summed E-state index contributed by atoms with van der Waals surface area (Å²) in [5.74, 6) is 0. The number of aromatic nitrogens is 2. The van der Waals surface area contributed by atoms with Crippen molar-refractivity contribution in [3.8, 4) is 0 Å². The van der Waals surface area contributed by atoms with E-state index in [0.717, 1.165) is 5.69 Å². The molecular formula is C11H21N3O2. The van der Waals surface area contributed by atoms with Crippen molar-refractivity contribution in [1.82, 2.24) is 15.1 Å². The van der Waals surface area contributed by atoms with Gasteiger partial charge < -0.3 is 15.5 Å². The fraction of sp³-hybridized carbons (Fsp3) is 0.727. The summed E-state index contributed by atoms with van der Waals surface area (Å²) in [4.78, 5) is 0. The van der Waals surface area contributed by atoms with Gasteiger partial charge in [-0.1, -0.05) is 0 Å². The second-order valence-corrected chi connectivity index (χ2v) is 4.61. The molecule has 1 heterocycles. The van der Waals surface area contributed by atoms with E-state index in [4.69, 9.17) is 10.2 Å². The minimum Gasteiger partial charge on any atom is -0.394 e. The lowest BCUT2D eigenvalue weighted by molar-refractivity contribution is 0.103. The van der Waals surface area contributed by atoms with Crippen molar-refractivity contribution in [2.24, 2.45) is 0 Å². The van der Waals surface area contributed by atoms with Crippen LogP contribution in [-0.4, -0.2) is 38.7 Å². The Morgan fingerprint density at radius 3 is 2.50 bits per heavy atom. The lowest BCUT2D eigenvalue weighted by atomic mass is 10.1. The third-order valence-electron chi connectivity index (χ3n) is 2.59. The van der Waals surface area contributed by atoms with Gasteiger partial charge in [-0.15, -0.1) is 0 Å². The van der Waals surface area contributed by atoms with Crippen molar-refractivity contribution in [2.45, 2.75) is 38.9 Å². The van der Waals surface area contributed by atoms with Crippen LogP contribution >= 0.6 is 0 Å². The standard InChI is InChI=1S/C11H21N3O2/c1-9(2)14-5-4-10(13-14)6-12-11(3,7-15)8-16/h4-5,9,12,15-16H,6-8H2,1-3H3. The van der Waals surface area contributed by atoms with Crippen molar-refractivity contribution >= 4 is 0 Å². The zero-order valence-electron chi connectivity index (χ0n) is 10.1. The average molecular weight is 227 g/mol. The molecule has 0 aliphatic rings. The van der Waals surface area contributed by atoms with Crippen LogP contribution in [0.15, 0.2) is 12.3 Å². The normalized spacial score (nSPS) is 12.4. The second kappa shape index (κ2) is 5.43. The van der Waals surface area contributed by atoms with Crippen molar-refractivity contribution in [1.29, 1.82) is 0 Å². The van der Waals surface area contributed by atoms with Crippen molar-refractivity contribution in [2.75, 3.05) is 13.2 Å². The van der Waals surface area contributed by atoms with Gasteiger partial charge in [0.05, 0.1) is 24.4 Å². The predicted octanol–water partition coefficient (Wildman–Crippen LogP) is 0.297. The molecule has 0 saturated carbocycles. The number of hydrogen-bond donors (Lipinski definition) is 3. The van der Waals surface area contributed by atoms with Gasteiger partial charge in [0, 0.05) is 18.8 Å². The fourth-order valence-electron chi connectivity index (χ4n) is 1.23. The quantitative estimate of drug-likeness (QED) is 0.653. The average Bonchev–Trinajstić information content (AvgIpc) is 2.75. The molecule has 0 aliphatic heterocycles. The van der Waals surface area contributed by atoms with Gasteiger partial charge in [0.15, 0.2) is 0 Å². The Labute approximate surface area is 96.1 Å². The number of nitrogens with zero attached hydrogens (tertiary/aromatic N) is 2. The number of aliphatic hydroxyl groups excluding tert-OH is 2. The lowest BCUT2D eigenvalue weighted by Crippen LogP contribution is -2.48. The highest BCUT2D eigenvalue weighted by Crippen LogP contribution is 2.06. The monoisotopic (exact) mass is 227 g/mol. The van der Waals surface area contributed by atoms with Crippen molar-refractivity contribution in [3.05, 3.63) is 18.0 Å². The highest BCUT2D eigenvalue weighted by Gasteiger charge is 2.21. The van der Waals surface area contributed by atoms with E-state index in [9.17, 15) is 0 Å². The maximum atomic E-state index is 9.11. The topological polar surface area (TPSA) is 70.3 Å². The molecule has 0 amide bonds. The molecule has 1 aromatic heterocycles. The van der Waals surface area contributed by atoms with E-state index >= 15 is 0 Å². The maximum Gasteiger partial charge on any atom is 0.0762 e. The molecule has 0 aromatic carbocycles. The number of nitrogens with one attached hydrogen (secondary N) is 1. The van der Waals surface area contributed by atoms with Crippen LogP contribution in [0.5, 0.6) is 0 Å².